The first-order chi connectivity index (χ1) is 11.7. The molecule has 4 heteroatoms. The Bertz CT molecular complexity index is 876. The van der Waals surface area contributed by atoms with Crippen molar-refractivity contribution in [2.75, 3.05) is 16.8 Å². The van der Waals surface area contributed by atoms with Gasteiger partial charge in [0, 0.05) is 18.3 Å². The average Bonchev–Trinajstić information content (AvgIpc) is 2.87. The zero-order valence-electron chi connectivity index (χ0n) is 14.1. The van der Waals surface area contributed by atoms with Crippen molar-refractivity contribution in [3.8, 4) is 11.4 Å². The second-order valence-electron chi connectivity index (χ2n) is 6.17. The Morgan fingerprint density at radius 3 is 2.42 bits per heavy atom. The van der Waals surface area contributed by atoms with Gasteiger partial charge in [0.15, 0.2) is 11.6 Å². The molecule has 0 aliphatic carbocycles. The van der Waals surface area contributed by atoms with Gasteiger partial charge in [-0.05, 0) is 31.5 Å². The van der Waals surface area contributed by atoms with Crippen molar-refractivity contribution >= 4 is 17.2 Å². The molecular formula is C20H20N4. The predicted octanol–water partition coefficient (Wildman–Crippen LogP) is 4.39. The van der Waals surface area contributed by atoms with Crippen LogP contribution in [0.3, 0.4) is 0 Å². The Hall–Kier alpha value is -2.88. The molecule has 1 atom stereocenters. The topological polar surface area (TPSA) is 32.3 Å². The molecule has 4 rings (SSSR count). The quantitative estimate of drug-likeness (QED) is 0.702. The minimum absolute atomic E-state index is 0.198. The van der Waals surface area contributed by atoms with Gasteiger partial charge in [-0.1, -0.05) is 42.5 Å². The first-order valence-corrected chi connectivity index (χ1v) is 8.17. The van der Waals surface area contributed by atoms with E-state index in [2.05, 4.69) is 72.1 Å². The SMILES string of the molecule is Cc1ccccc1-c1ncc2c(n1)N(C)C(C)N2c1ccccc1. The lowest BCUT2D eigenvalue weighted by Gasteiger charge is -2.26. The van der Waals surface area contributed by atoms with E-state index in [1.54, 1.807) is 0 Å². The lowest BCUT2D eigenvalue weighted by atomic mass is 10.1. The predicted molar refractivity (Wildman–Crippen MR) is 98.7 cm³/mol. The largest absolute Gasteiger partial charge is 0.337 e. The van der Waals surface area contributed by atoms with E-state index in [4.69, 9.17) is 4.98 Å². The summed E-state index contributed by atoms with van der Waals surface area (Å²) in [6.07, 6.45) is 2.14. The molecule has 1 aliphatic heterocycles. The smallest absolute Gasteiger partial charge is 0.161 e. The van der Waals surface area contributed by atoms with Crippen LogP contribution in [0, 0.1) is 6.92 Å². The molecule has 0 fully saturated rings. The van der Waals surface area contributed by atoms with Crippen molar-refractivity contribution in [1.82, 2.24) is 9.97 Å². The van der Waals surface area contributed by atoms with Crippen LogP contribution < -0.4 is 9.80 Å². The molecule has 120 valence electrons. The van der Waals surface area contributed by atoms with Gasteiger partial charge in [-0.15, -0.1) is 0 Å². The molecule has 2 heterocycles. The molecule has 0 amide bonds. The number of hydrogen-bond acceptors (Lipinski definition) is 4. The minimum Gasteiger partial charge on any atom is -0.337 e. The lowest BCUT2D eigenvalue weighted by Crippen LogP contribution is -2.35. The van der Waals surface area contributed by atoms with E-state index in [-0.39, 0.29) is 6.17 Å². The molecular weight excluding hydrogens is 296 g/mol. The third-order valence-electron chi connectivity index (χ3n) is 4.70. The Morgan fingerprint density at radius 2 is 1.67 bits per heavy atom. The van der Waals surface area contributed by atoms with Crippen LogP contribution in [-0.4, -0.2) is 23.2 Å². The normalized spacial score (nSPS) is 16.4. The van der Waals surface area contributed by atoms with Crippen molar-refractivity contribution < 1.29 is 0 Å². The number of fused-ring (bicyclic) bond motifs is 1. The molecule has 0 saturated heterocycles. The van der Waals surface area contributed by atoms with Gasteiger partial charge < -0.3 is 9.80 Å². The summed E-state index contributed by atoms with van der Waals surface area (Å²) < 4.78 is 0. The highest BCUT2D eigenvalue weighted by Crippen LogP contribution is 2.42. The van der Waals surface area contributed by atoms with Gasteiger partial charge >= 0.3 is 0 Å². The Labute approximate surface area is 142 Å². The first-order valence-electron chi connectivity index (χ1n) is 8.17. The van der Waals surface area contributed by atoms with Gasteiger partial charge in [0.25, 0.3) is 0 Å². The fourth-order valence-corrected chi connectivity index (χ4v) is 3.24. The van der Waals surface area contributed by atoms with E-state index in [9.17, 15) is 0 Å². The zero-order valence-corrected chi connectivity index (χ0v) is 14.1. The molecule has 1 unspecified atom stereocenters. The molecule has 1 aromatic heterocycles. The van der Waals surface area contributed by atoms with Crippen LogP contribution in [0.1, 0.15) is 12.5 Å². The number of anilines is 3. The van der Waals surface area contributed by atoms with Crippen LogP contribution >= 0.6 is 0 Å². The second kappa shape index (κ2) is 5.64. The molecule has 0 bridgehead atoms. The fraction of sp³-hybridized carbons (Fsp3) is 0.200. The third kappa shape index (κ3) is 2.22. The highest BCUT2D eigenvalue weighted by atomic mass is 15.4. The summed E-state index contributed by atoms with van der Waals surface area (Å²) in [6, 6.07) is 18.6. The molecule has 0 radical (unpaired) electrons. The maximum Gasteiger partial charge on any atom is 0.161 e. The van der Waals surface area contributed by atoms with Crippen molar-refractivity contribution in [3.63, 3.8) is 0 Å². The molecule has 3 aromatic rings. The van der Waals surface area contributed by atoms with E-state index in [1.807, 2.05) is 24.4 Å². The van der Waals surface area contributed by atoms with Gasteiger partial charge in [0.1, 0.15) is 11.9 Å². The molecule has 0 spiro atoms. The Kier molecular flexibility index (Phi) is 3.45. The van der Waals surface area contributed by atoms with Crippen LogP contribution in [0.4, 0.5) is 17.2 Å². The highest BCUT2D eigenvalue weighted by Gasteiger charge is 2.33. The highest BCUT2D eigenvalue weighted by molar-refractivity contribution is 5.81. The van der Waals surface area contributed by atoms with Crippen molar-refractivity contribution in [1.29, 1.82) is 0 Å². The number of aryl methyl sites for hydroxylation is 1. The lowest BCUT2D eigenvalue weighted by molar-refractivity contribution is 0.730. The van der Waals surface area contributed by atoms with Gasteiger partial charge in [-0.25, -0.2) is 9.97 Å². The van der Waals surface area contributed by atoms with Crippen LogP contribution in [0.5, 0.6) is 0 Å². The third-order valence-corrected chi connectivity index (χ3v) is 4.70. The molecule has 0 saturated carbocycles. The van der Waals surface area contributed by atoms with Gasteiger partial charge in [0.2, 0.25) is 0 Å². The number of rotatable bonds is 2. The minimum atomic E-state index is 0.198. The van der Waals surface area contributed by atoms with Crippen LogP contribution in [0.25, 0.3) is 11.4 Å². The molecule has 0 N–H and O–H groups in total. The van der Waals surface area contributed by atoms with Crippen molar-refractivity contribution in [2.45, 2.75) is 20.0 Å². The Balaban J connectivity index is 1.82. The van der Waals surface area contributed by atoms with E-state index < -0.39 is 0 Å². The standard InChI is InChI=1S/C20H20N4/c1-14-9-7-8-12-17(14)19-21-13-18-20(22-19)23(3)15(2)24(18)16-10-5-4-6-11-16/h4-13,15H,1-3H3. The summed E-state index contributed by atoms with van der Waals surface area (Å²) in [5.41, 5.74) is 4.47. The maximum absolute atomic E-state index is 4.86. The summed E-state index contributed by atoms with van der Waals surface area (Å²) in [5.74, 6) is 1.75. The van der Waals surface area contributed by atoms with E-state index in [0.29, 0.717) is 0 Å². The number of benzene rings is 2. The van der Waals surface area contributed by atoms with E-state index in [0.717, 1.165) is 28.6 Å². The van der Waals surface area contributed by atoms with Crippen LogP contribution in [-0.2, 0) is 0 Å². The van der Waals surface area contributed by atoms with Gasteiger partial charge in [-0.2, -0.15) is 0 Å². The fourth-order valence-electron chi connectivity index (χ4n) is 3.24. The molecule has 24 heavy (non-hydrogen) atoms. The summed E-state index contributed by atoms with van der Waals surface area (Å²) in [6.45, 7) is 4.27. The molecule has 1 aliphatic rings. The van der Waals surface area contributed by atoms with Gasteiger partial charge in [0.05, 0.1) is 6.20 Å². The molecule has 4 nitrogen and oxygen atoms in total. The number of hydrogen-bond donors (Lipinski definition) is 0. The van der Waals surface area contributed by atoms with Gasteiger partial charge in [-0.3, -0.25) is 0 Å². The number of aromatic nitrogens is 2. The average molecular weight is 316 g/mol. The first kappa shape index (κ1) is 14.7. The maximum atomic E-state index is 4.86. The monoisotopic (exact) mass is 316 g/mol. The van der Waals surface area contributed by atoms with E-state index >= 15 is 0 Å². The number of para-hydroxylation sites is 1. The molecule has 2 aromatic carbocycles. The van der Waals surface area contributed by atoms with Crippen LogP contribution in [0.15, 0.2) is 60.8 Å². The summed E-state index contributed by atoms with van der Waals surface area (Å²) >= 11 is 0. The summed E-state index contributed by atoms with van der Waals surface area (Å²) in [7, 11) is 2.08. The van der Waals surface area contributed by atoms with Crippen molar-refractivity contribution in [2.24, 2.45) is 0 Å². The summed E-state index contributed by atoms with van der Waals surface area (Å²) in [4.78, 5) is 14.0. The summed E-state index contributed by atoms with van der Waals surface area (Å²) in [5, 5.41) is 0. The van der Waals surface area contributed by atoms with E-state index in [1.165, 1.54) is 5.56 Å². The van der Waals surface area contributed by atoms with Crippen LogP contribution in [0.2, 0.25) is 0 Å². The van der Waals surface area contributed by atoms with Crippen molar-refractivity contribution in [3.05, 3.63) is 66.4 Å². The number of nitrogens with zero attached hydrogens (tertiary/aromatic N) is 4. The Morgan fingerprint density at radius 1 is 0.958 bits per heavy atom. The zero-order chi connectivity index (χ0) is 16.7. The second-order valence-corrected chi connectivity index (χ2v) is 6.17.